The van der Waals surface area contributed by atoms with Gasteiger partial charge in [-0.05, 0) is 43.5 Å². The zero-order chi connectivity index (χ0) is 18.0. The van der Waals surface area contributed by atoms with Crippen molar-refractivity contribution in [1.29, 1.82) is 0 Å². The van der Waals surface area contributed by atoms with E-state index >= 15 is 0 Å². The van der Waals surface area contributed by atoms with E-state index in [9.17, 15) is 19.8 Å². The minimum Gasteiger partial charge on any atom is -0.550 e. The summed E-state index contributed by atoms with van der Waals surface area (Å²) >= 11 is 0. The first-order valence-electron chi connectivity index (χ1n) is 7.14. The van der Waals surface area contributed by atoms with Crippen LogP contribution in [0.3, 0.4) is 0 Å². The summed E-state index contributed by atoms with van der Waals surface area (Å²) in [6, 6.07) is 11.6. The van der Waals surface area contributed by atoms with Gasteiger partial charge in [0.2, 0.25) is 0 Å². The van der Waals surface area contributed by atoms with Crippen LogP contribution in [0, 0.1) is 0 Å². The Kier molecular flexibility index (Phi) is 10.4. The molecule has 0 amide bonds. The fraction of sp³-hybridized carbons (Fsp3) is 0.250. The van der Waals surface area contributed by atoms with Crippen LogP contribution in [-0.2, 0) is 30.7 Å². The van der Waals surface area contributed by atoms with Gasteiger partial charge in [0.05, 0.1) is 17.4 Å². The van der Waals surface area contributed by atoms with Crippen LogP contribution in [0.5, 0.6) is 0 Å². The first-order valence-corrected chi connectivity index (χ1v) is 7.14. The summed E-state index contributed by atoms with van der Waals surface area (Å²) in [6.07, 6.45) is 3.18. The number of nitrogens with zero attached hydrogens (tertiary/aromatic N) is 2. The van der Waals surface area contributed by atoms with E-state index in [1.165, 1.54) is 0 Å². The first kappa shape index (κ1) is 22.8. The van der Waals surface area contributed by atoms with Crippen molar-refractivity contribution >= 4 is 11.9 Å². The second-order valence-electron chi connectivity index (χ2n) is 4.98. The molecule has 2 rings (SSSR count). The van der Waals surface area contributed by atoms with Crippen molar-refractivity contribution in [3.63, 3.8) is 0 Å². The van der Waals surface area contributed by atoms with Gasteiger partial charge in [-0.1, -0.05) is 12.1 Å². The Hall–Kier alpha value is -2.15. The molecule has 0 aliphatic heterocycles. The van der Waals surface area contributed by atoms with E-state index in [1.807, 2.05) is 36.4 Å². The number of hydrogen-bond donors (Lipinski definition) is 2. The summed E-state index contributed by atoms with van der Waals surface area (Å²) in [4.78, 5) is 28.4. The Balaban J connectivity index is 0.000000443. The maximum atomic E-state index is 10.2. The molecule has 0 aliphatic rings. The van der Waals surface area contributed by atoms with E-state index in [0.717, 1.165) is 11.4 Å². The van der Waals surface area contributed by atoms with Crippen LogP contribution < -0.4 is 21.7 Å². The van der Waals surface area contributed by atoms with Crippen molar-refractivity contribution in [1.82, 2.24) is 9.97 Å². The topological polar surface area (TPSA) is 158 Å². The van der Waals surface area contributed by atoms with Gasteiger partial charge in [-0.2, -0.15) is 0 Å². The Labute approximate surface area is 159 Å². The normalized spacial score (nSPS) is 10.0. The first-order chi connectivity index (χ1) is 11.3. The third-order valence-electron chi connectivity index (χ3n) is 2.94. The molecule has 136 valence electrons. The monoisotopic (exact) mass is 525 g/mol. The van der Waals surface area contributed by atoms with E-state index in [0.29, 0.717) is 0 Å². The van der Waals surface area contributed by atoms with E-state index < -0.39 is 17.6 Å². The molecule has 0 aliphatic carbocycles. The number of aliphatic carboxylic acids is 2. The van der Waals surface area contributed by atoms with Crippen LogP contribution in [0.15, 0.2) is 48.8 Å². The molecule has 0 spiro atoms. The maximum Gasteiger partial charge on any atom is 2.00 e. The summed E-state index contributed by atoms with van der Waals surface area (Å²) in [5.74, 6) is -2.86. The van der Waals surface area contributed by atoms with E-state index in [4.69, 9.17) is 11.5 Å². The van der Waals surface area contributed by atoms with Gasteiger partial charge >= 0.3 is 21.1 Å². The van der Waals surface area contributed by atoms with Crippen LogP contribution in [0.4, 0.5) is 0 Å². The minimum absolute atomic E-state index is 0. The number of carbonyl (C=O) groups excluding carboxylic acids is 2. The van der Waals surface area contributed by atoms with Gasteiger partial charge < -0.3 is 31.3 Å². The Morgan fingerprint density at radius 3 is 1.76 bits per heavy atom. The van der Waals surface area contributed by atoms with Crippen LogP contribution in [0.1, 0.15) is 19.3 Å². The van der Waals surface area contributed by atoms with Gasteiger partial charge in [0.15, 0.2) is 0 Å². The number of hydrogen-bond acceptors (Lipinski definition) is 8. The van der Waals surface area contributed by atoms with Crippen molar-refractivity contribution in [2.24, 2.45) is 11.5 Å². The molecule has 2 heterocycles. The van der Waals surface area contributed by atoms with Crippen molar-refractivity contribution in [2.75, 3.05) is 0 Å². The molecule has 8 nitrogen and oxygen atoms in total. The summed E-state index contributed by atoms with van der Waals surface area (Å²) in [5.41, 5.74) is 9.98. The molecular weight excluding hydrogens is 507 g/mol. The number of pyridine rings is 2. The molecule has 0 bridgehead atoms. The van der Waals surface area contributed by atoms with Crippen LogP contribution in [0.2, 0.25) is 0 Å². The Morgan fingerprint density at radius 2 is 1.44 bits per heavy atom. The molecule has 0 saturated heterocycles. The predicted molar refractivity (Wildman–Crippen MR) is 82.4 cm³/mol. The van der Waals surface area contributed by atoms with E-state index in [1.54, 1.807) is 12.4 Å². The van der Waals surface area contributed by atoms with Crippen LogP contribution in [0.25, 0.3) is 11.4 Å². The van der Waals surface area contributed by atoms with Gasteiger partial charge in [-0.25, -0.2) is 0 Å². The molecule has 0 aromatic carbocycles. The summed E-state index contributed by atoms with van der Waals surface area (Å²) in [7, 11) is 0. The summed E-state index contributed by atoms with van der Waals surface area (Å²) in [5, 5.41) is 20.1. The molecule has 0 unspecified atom stereocenters. The summed E-state index contributed by atoms with van der Waals surface area (Å²) < 4.78 is 0. The van der Waals surface area contributed by atoms with Crippen molar-refractivity contribution in [3.05, 3.63) is 48.8 Å². The van der Waals surface area contributed by atoms with Gasteiger partial charge in [0.1, 0.15) is 5.66 Å². The number of nitrogens with two attached hydrogens (primary N) is 2. The maximum absolute atomic E-state index is 10.2. The van der Waals surface area contributed by atoms with E-state index in [2.05, 4.69) is 9.97 Å². The third kappa shape index (κ3) is 9.04. The van der Waals surface area contributed by atoms with Gasteiger partial charge in [0, 0.05) is 18.4 Å². The minimum atomic E-state index is -1.95. The number of carboxylic acid groups (broad SMARTS) is 2. The number of rotatable bonds is 6. The standard InChI is InChI=1S/C10H8N2.C6H12N2O4.Pt/c1-3-7-11-9(5-1)10-6-2-4-8-12-10;7-6(8,5(11)12)3-1-2-4(9)10;/h1-8H;1-3,7-8H2,(H,9,10)(H,11,12);/q;;+2/p-2. The third-order valence-corrected chi connectivity index (χ3v) is 2.94. The second-order valence-corrected chi connectivity index (χ2v) is 4.98. The second kappa shape index (κ2) is 11.4. The Morgan fingerprint density at radius 1 is 0.960 bits per heavy atom. The van der Waals surface area contributed by atoms with Gasteiger partial charge in [-0.15, -0.1) is 0 Å². The summed E-state index contributed by atoms with van der Waals surface area (Å²) in [6.45, 7) is 0. The fourth-order valence-electron chi connectivity index (χ4n) is 1.66. The van der Waals surface area contributed by atoms with Crippen molar-refractivity contribution < 1.29 is 40.9 Å². The van der Waals surface area contributed by atoms with Gasteiger partial charge in [0.25, 0.3) is 0 Å². The van der Waals surface area contributed by atoms with Crippen LogP contribution >= 0.6 is 0 Å². The molecule has 4 N–H and O–H groups in total. The van der Waals surface area contributed by atoms with Gasteiger partial charge in [-0.3, -0.25) is 9.97 Å². The van der Waals surface area contributed by atoms with Crippen LogP contribution in [-0.4, -0.2) is 27.6 Å². The van der Waals surface area contributed by atoms with Crippen molar-refractivity contribution in [3.8, 4) is 11.4 Å². The molecule has 0 atom stereocenters. The van der Waals surface area contributed by atoms with E-state index in [-0.39, 0.29) is 40.3 Å². The largest absolute Gasteiger partial charge is 2.00 e. The molecule has 9 heteroatoms. The molecule has 2 aromatic rings. The van der Waals surface area contributed by atoms with Crippen molar-refractivity contribution in [2.45, 2.75) is 24.9 Å². The molecule has 25 heavy (non-hydrogen) atoms. The molecule has 2 aromatic heterocycles. The predicted octanol–water partition coefficient (Wildman–Crippen LogP) is -1.59. The number of carbonyl (C=O) groups is 2. The molecule has 0 radical (unpaired) electrons. The zero-order valence-corrected chi connectivity index (χ0v) is 15.5. The average molecular weight is 525 g/mol. The molecule has 0 fully saturated rings. The average Bonchev–Trinajstić information content (AvgIpc) is 2.56. The SMILES string of the molecule is NC(N)(CCCC(=O)[O-])C(=O)[O-].[Pt+2].c1ccc(-c2ccccn2)nc1. The fourth-order valence-corrected chi connectivity index (χ4v) is 1.66. The quantitative estimate of drug-likeness (QED) is 0.428. The number of carboxylic acids is 2. The molecule has 0 saturated carbocycles. The zero-order valence-electron chi connectivity index (χ0n) is 13.2. The number of aromatic nitrogens is 2. The smallest absolute Gasteiger partial charge is 0.550 e. The Bertz CT molecular complexity index is 616. The molecular formula is C16H18N4O4Pt.